The minimum absolute atomic E-state index is 0.239. The molecule has 0 aliphatic carbocycles. The van der Waals surface area contributed by atoms with Crippen molar-refractivity contribution < 1.29 is 9.53 Å². The summed E-state index contributed by atoms with van der Waals surface area (Å²) in [5.74, 6) is -0.239. The molecule has 1 unspecified atom stereocenters. The molecule has 0 rings (SSSR count). The lowest BCUT2D eigenvalue weighted by molar-refractivity contribution is -0.157. The Morgan fingerprint density at radius 3 is 2.18 bits per heavy atom. The third-order valence-electron chi connectivity index (χ3n) is 3.24. The molecule has 0 heterocycles. The number of ether oxygens (including phenoxy) is 1. The molecule has 1 atom stereocenters. The molecular weight excluding hydrogens is 212 g/mol. The highest BCUT2D eigenvalue weighted by molar-refractivity contribution is 5.87. The van der Waals surface area contributed by atoms with Crippen LogP contribution in [0.1, 0.15) is 72.6 Å². The van der Waals surface area contributed by atoms with E-state index in [9.17, 15) is 4.79 Å². The van der Waals surface area contributed by atoms with Gasteiger partial charge in [0.2, 0.25) is 0 Å². The van der Waals surface area contributed by atoms with Gasteiger partial charge in [-0.1, -0.05) is 46.6 Å². The highest BCUT2D eigenvalue weighted by Crippen LogP contribution is 2.30. The normalized spacial score (nSPS) is 14.1. The lowest BCUT2D eigenvalue weighted by Gasteiger charge is -2.32. The Balaban J connectivity index is 4.56. The monoisotopic (exact) mass is 240 g/mol. The maximum atomic E-state index is 11.7. The predicted octanol–water partition coefficient (Wildman–Crippen LogP) is 4.63. The van der Waals surface area contributed by atoms with E-state index in [4.69, 9.17) is 4.74 Å². The van der Waals surface area contributed by atoms with Crippen LogP contribution in [0, 0.1) is 0 Å². The third-order valence-corrected chi connectivity index (χ3v) is 3.24. The molecule has 0 bridgehead atoms. The van der Waals surface area contributed by atoms with Crippen LogP contribution in [0.15, 0.2) is 12.2 Å². The summed E-state index contributed by atoms with van der Waals surface area (Å²) in [5.41, 5.74) is 0.231. The van der Waals surface area contributed by atoms with Crippen LogP contribution in [-0.2, 0) is 9.53 Å². The van der Waals surface area contributed by atoms with E-state index >= 15 is 0 Å². The smallest absolute Gasteiger partial charge is 0.333 e. The number of esters is 1. The Kier molecular flexibility index (Phi) is 7.94. The molecule has 0 aromatic carbocycles. The zero-order valence-electron chi connectivity index (χ0n) is 12.0. The van der Waals surface area contributed by atoms with E-state index in [1.54, 1.807) is 6.92 Å². The topological polar surface area (TPSA) is 26.3 Å². The Morgan fingerprint density at radius 2 is 1.76 bits per heavy atom. The standard InChI is InChI=1S/C15H28O2/c1-6-9-10-12-15(8-3,11-7-2)17-14(16)13(4)5/h4,6-12H2,1-3,5H3. The number of hydrogen-bond donors (Lipinski definition) is 0. The molecule has 0 aromatic heterocycles. The highest BCUT2D eigenvalue weighted by atomic mass is 16.6. The van der Waals surface area contributed by atoms with Gasteiger partial charge in [-0.2, -0.15) is 0 Å². The molecule has 0 saturated heterocycles. The molecule has 0 saturated carbocycles. The van der Waals surface area contributed by atoms with Crippen LogP contribution >= 0.6 is 0 Å². The van der Waals surface area contributed by atoms with Gasteiger partial charge in [0.05, 0.1) is 0 Å². The summed E-state index contributed by atoms with van der Waals surface area (Å²) in [6, 6.07) is 0. The van der Waals surface area contributed by atoms with Crippen molar-refractivity contribution in [2.75, 3.05) is 0 Å². The molecule has 2 heteroatoms. The van der Waals surface area contributed by atoms with Gasteiger partial charge in [-0.3, -0.25) is 0 Å². The number of hydrogen-bond acceptors (Lipinski definition) is 2. The minimum atomic E-state index is -0.264. The molecule has 0 amide bonds. The largest absolute Gasteiger partial charge is 0.456 e. The van der Waals surface area contributed by atoms with E-state index < -0.39 is 0 Å². The lowest BCUT2D eigenvalue weighted by atomic mass is 9.88. The Bertz CT molecular complexity index is 245. The van der Waals surface area contributed by atoms with Crippen LogP contribution in [0.3, 0.4) is 0 Å². The Labute approximate surface area is 106 Å². The summed E-state index contributed by atoms with van der Waals surface area (Å²) in [4.78, 5) is 11.7. The first-order valence-corrected chi connectivity index (χ1v) is 6.90. The second-order valence-electron chi connectivity index (χ2n) is 4.91. The second kappa shape index (κ2) is 8.32. The zero-order valence-corrected chi connectivity index (χ0v) is 12.0. The number of carbonyl (C=O) groups is 1. The molecule has 0 aliphatic heterocycles. The van der Waals surface area contributed by atoms with E-state index in [0.29, 0.717) is 5.57 Å². The van der Waals surface area contributed by atoms with E-state index in [1.165, 1.54) is 12.8 Å². The molecular formula is C15H28O2. The van der Waals surface area contributed by atoms with E-state index in [-0.39, 0.29) is 11.6 Å². The fraction of sp³-hybridized carbons (Fsp3) is 0.800. The van der Waals surface area contributed by atoms with Gasteiger partial charge >= 0.3 is 5.97 Å². The van der Waals surface area contributed by atoms with Crippen molar-refractivity contribution in [2.24, 2.45) is 0 Å². The summed E-state index contributed by atoms with van der Waals surface area (Å²) in [6.07, 6.45) is 7.40. The van der Waals surface area contributed by atoms with Crippen molar-refractivity contribution in [3.63, 3.8) is 0 Å². The van der Waals surface area contributed by atoms with Crippen LogP contribution in [0.4, 0.5) is 0 Å². The van der Waals surface area contributed by atoms with Crippen molar-refractivity contribution in [1.82, 2.24) is 0 Å². The summed E-state index contributed by atoms with van der Waals surface area (Å²) < 4.78 is 5.70. The maximum Gasteiger partial charge on any atom is 0.333 e. The van der Waals surface area contributed by atoms with Crippen LogP contribution in [0.25, 0.3) is 0 Å². The first-order chi connectivity index (χ1) is 8.01. The molecule has 0 spiro atoms. The first-order valence-electron chi connectivity index (χ1n) is 6.90. The molecule has 0 fully saturated rings. The fourth-order valence-corrected chi connectivity index (χ4v) is 2.09. The van der Waals surface area contributed by atoms with Crippen LogP contribution in [0.2, 0.25) is 0 Å². The summed E-state index contributed by atoms with van der Waals surface area (Å²) >= 11 is 0. The quantitative estimate of drug-likeness (QED) is 0.333. The molecule has 0 aliphatic rings. The van der Waals surface area contributed by atoms with Crippen molar-refractivity contribution in [3.8, 4) is 0 Å². The van der Waals surface area contributed by atoms with Crippen molar-refractivity contribution in [2.45, 2.75) is 78.2 Å². The van der Waals surface area contributed by atoms with Gasteiger partial charge in [0.15, 0.2) is 0 Å². The average Bonchev–Trinajstić information content (AvgIpc) is 2.29. The van der Waals surface area contributed by atoms with E-state index in [1.807, 2.05) is 0 Å². The maximum absolute atomic E-state index is 11.7. The highest BCUT2D eigenvalue weighted by Gasteiger charge is 2.31. The SMILES string of the molecule is C=C(C)C(=O)OC(CC)(CCC)CCCCC. The molecule has 0 N–H and O–H groups in total. The van der Waals surface area contributed by atoms with Crippen molar-refractivity contribution in [1.29, 1.82) is 0 Å². The predicted molar refractivity (Wildman–Crippen MR) is 73.0 cm³/mol. The fourth-order valence-electron chi connectivity index (χ4n) is 2.09. The van der Waals surface area contributed by atoms with Crippen LogP contribution in [-0.4, -0.2) is 11.6 Å². The van der Waals surface area contributed by atoms with E-state index in [0.717, 1.165) is 32.1 Å². The van der Waals surface area contributed by atoms with Gasteiger partial charge in [-0.15, -0.1) is 0 Å². The molecule has 0 radical (unpaired) electrons. The van der Waals surface area contributed by atoms with Gasteiger partial charge in [-0.05, 0) is 32.6 Å². The summed E-state index contributed by atoms with van der Waals surface area (Å²) in [7, 11) is 0. The third kappa shape index (κ3) is 5.90. The van der Waals surface area contributed by atoms with Gasteiger partial charge in [0.1, 0.15) is 5.60 Å². The molecule has 0 aromatic rings. The van der Waals surface area contributed by atoms with Gasteiger partial charge in [0, 0.05) is 5.57 Å². The molecule has 17 heavy (non-hydrogen) atoms. The Morgan fingerprint density at radius 1 is 1.12 bits per heavy atom. The van der Waals surface area contributed by atoms with Crippen molar-refractivity contribution in [3.05, 3.63) is 12.2 Å². The molecule has 2 nitrogen and oxygen atoms in total. The van der Waals surface area contributed by atoms with Gasteiger partial charge < -0.3 is 4.74 Å². The van der Waals surface area contributed by atoms with Crippen LogP contribution in [0.5, 0.6) is 0 Å². The minimum Gasteiger partial charge on any atom is -0.456 e. The summed E-state index contributed by atoms with van der Waals surface area (Å²) in [5, 5.41) is 0. The second-order valence-corrected chi connectivity index (χ2v) is 4.91. The first kappa shape index (κ1) is 16.2. The number of unbranched alkanes of at least 4 members (excludes halogenated alkanes) is 2. The van der Waals surface area contributed by atoms with E-state index in [2.05, 4.69) is 27.4 Å². The summed E-state index contributed by atoms with van der Waals surface area (Å²) in [6.45, 7) is 11.8. The average molecular weight is 240 g/mol. The Hall–Kier alpha value is -0.790. The lowest BCUT2D eigenvalue weighted by Crippen LogP contribution is -2.34. The van der Waals surface area contributed by atoms with Crippen LogP contribution < -0.4 is 0 Å². The van der Waals surface area contributed by atoms with Crippen molar-refractivity contribution >= 4 is 5.97 Å². The number of rotatable bonds is 9. The zero-order chi connectivity index (χ0) is 13.3. The van der Waals surface area contributed by atoms with Gasteiger partial charge in [-0.25, -0.2) is 4.79 Å². The van der Waals surface area contributed by atoms with Gasteiger partial charge in [0.25, 0.3) is 0 Å². The molecule has 100 valence electrons. The number of carbonyl (C=O) groups excluding carboxylic acids is 1.